The van der Waals surface area contributed by atoms with Crippen molar-refractivity contribution in [3.8, 4) is 0 Å². The Hall–Kier alpha value is -2.34. The van der Waals surface area contributed by atoms with Gasteiger partial charge in [-0.2, -0.15) is 0 Å². The molecule has 0 aliphatic heterocycles. The largest absolute Gasteiger partial charge is 0.366 e. The van der Waals surface area contributed by atoms with Gasteiger partial charge in [0.05, 0.1) is 11.8 Å². The third-order valence-corrected chi connectivity index (χ3v) is 3.53. The van der Waals surface area contributed by atoms with Crippen LogP contribution in [0.3, 0.4) is 0 Å². The molecule has 1 aromatic heterocycles. The lowest BCUT2D eigenvalue weighted by Gasteiger charge is -2.14. The highest BCUT2D eigenvalue weighted by molar-refractivity contribution is 5.92. The number of pyridine rings is 1. The zero-order valence-electron chi connectivity index (χ0n) is 12.8. The number of amides is 1. The van der Waals surface area contributed by atoms with Crippen molar-refractivity contribution in [3.05, 3.63) is 65.0 Å². The summed E-state index contributed by atoms with van der Waals surface area (Å²) >= 11 is 0. The fraction of sp³-hybridized carbons (Fsp3) is 0.294. The summed E-state index contributed by atoms with van der Waals surface area (Å²) in [5.74, 6) is -1.67. The zero-order chi connectivity index (χ0) is 16.8. The Morgan fingerprint density at radius 1 is 1.39 bits per heavy atom. The fourth-order valence-corrected chi connectivity index (χ4v) is 2.13. The van der Waals surface area contributed by atoms with Crippen LogP contribution in [0.2, 0.25) is 0 Å². The number of nitrogens with zero attached hydrogens (tertiary/aromatic N) is 1. The molecule has 0 bridgehead atoms. The highest BCUT2D eigenvalue weighted by Gasteiger charge is 2.08. The Kier molecular flexibility index (Phi) is 5.76. The molecule has 23 heavy (non-hydrogen) atoms. The molecule has 0 spiro atoms. The molecule has 1 atom stereocenters. The van der Waals surface area contributed by atoms with Crippen molar-refractivity contribution in [3.63, 3.8) is 0 Å². The van der Waals surface area contributed by atoms with Crippen LogP contribution < -0.4 is 11.1 Å². The van der Waals surface area contributed by atoms with Gasteiger partial charge in [0.25, 0.3) is 0 Å². The lowest BCUT2D eigenvalue weighted by molar-refractivity contribution is 0.1000. The monoisotopic (exact) mass is 318 g/mol. The summed E-state index contributed by atoms with van der Waals surface area (Å²) in [6, 6.07) is 5.31. The summed E-state index contributed by atoms with van der Waals surface area (Å²) in [4.78, 5) is 15.0. The molecular weight excluding hydrogens is 300 g/mol. The predicted octanol–water partition coefficient (Wildman–Crippen LogP) is 2.37. The number of nitrogens with two attached hydrogens (primary N) is 1. The van der Waals surface area contributed by atoms with Gasteiger partial charge in [-0.1, -0.05) is 6.07 Å². The Bertz CT molecular complexity index is 691. The van der Waals surface area contributed by atoms with Crippen molar-refractivity contribution in [1.82, 2.24) is 10.3 Å². The standard InChI is InChI=1S/C17H18F2N3O/c1-11(22-10-13-4-5-15(18)7-16(13)19)2-3-12-6-14(17(20)23)9-21-8-12/h4-7,9,11,22H,2-3,10H2,1H3,(H2,20,23). The van der Waals surface area contributed by atoms with E-state index in [-0.39, 0.29) is 6.04 Å². The molecule has 2 rings (SSSR count). The average molecular weight is 318 g/mol. The quantitative estimate of drug-likeness (QED) is 0.823. The van der Waals surface area contributed by atoms with E-state index in [9.17, 15) is 13.6 Å². The molecule has 1 radical (unpaired) electrons. The molecule has 1 heterocycles. The van der Waals surface area contributed by atoms with Crippen molar-refractivity contribution in [2.45, 2.75) is 32.4 Å². The Morgan fingerprint density at radius 3 is 2.87 bits per heavy atom. The Balaban J connectivity index is 1.84. The normalized spacial score (nSPS) is 12.1. The van der Waals surface area contributed by atoms with Crippen LogP contribution in [0.4, 0.5) is 8.78 Å². The van der Waals surface area contributed by atoms with E-state index in [0.29, 0.717) is 24.1 Å². The molecule has 3 N–H and O–H groups in total. The van der Waals surface area contributed by atoms with Crippen LogP contribution in [0.5, 0.6) is 0 Å². The number of aromatic nitrogens is 1. The van der Waals surface area contributed by atoms with Crippen molar-refractivity contribution >= 4 is 5.91 Å². The minimum absolute atomic E-state index is 0.102. The van der Waals surface area contributed by atoms with Gasteiger partial charge in [0.15, 0.2) is 0 Å². The minimum Gasteiger partial charge on any atom is -0.366 e. The van der Waals surface area contributed by atoms with Crippen LogP contribution in [-0.4, -0.2) is 16.9 Å². The number of benzene rings is 1. The van der Waals surface area contributed by atoms with E-state index in [1.807, 2.05) is 6.92 Å². The van der Waals surface area contributed by atoms with Crippen molar-refractivity contribution in [2.75, 3.05) is 0 Å². The van der Waals surface area contributed by atoms with Gasteiger partial charge in [-0.15, -0.1) is 0 Å². The molecule has 1 unspecified atom stereocenters. The summed E-state index contributed by atoms with van der Waals surface area (Å²) in [6.45, 7) is 2.28. The first-order valence-corrected chi connectivity index (χ1v) is 7.29. The van der Waals surface area contributed by atoms with Gasteiger partial charge < -0.3 is 11.1 Å². The number of hydrogen-bond acceptors (Lipinski definition) is 3. The smallest absolute Gasteiger partial charge is 0.250 e. The number of rotatable bonds is 7. The van der Waals surface area contributed by atoms with Crippen LogP contribution in [-0.2, 0) is 13.0 Å². The Labute approximate surface area is 133 Å². The average Bonchev–Trinajstić information content (AvgIpc) is 2.52. The lowest BCUT2D eigenvalue weighted by Crippen LogP contribution is -2.26. The highest BCUT2D eigenvalue weighted by Crippen LogP contribution is 2.11. The van der Waals surface area contributed by atoms with Crippen LogP contribution in [0.15, 0.2) is 30.5 Å². The molecule has 6 heteroatoms. The second kappa shape index (κ2) is 7.78. The number of carbonyl (C=O) groups excluding carboxylic acids is 1. The molecule has 0 saturated carbocycles. The first-order chi connectivity index (χ1) is 11.0. The number of primary amides is 1. The van der Waals surface area contributed by atoms with Gasteiger partial charge in [0.1, 0.15) is 11.6 Å². The van der Waals surface area contributed by atoms with Crippen LogP contribution in [0.1, 0.15) is 34.8 Å². The molecule has 1 amide bonds. The maximum absolute atomic E-state index is 13.5. The van der Waals surface area contributed by atoms with Crippen LogP contribution in [0.25, 0.3) is 0 Å². The second-order valence-electron chi connectivity index (χ2n) is 5.42. The zero-order valence-corrected chi connectivity index (χ0v) is 12.8. The van der Waals surface area contributed by atoms with Crippen LogP contribution in [0, 0.1) is 17.8 Å². The van der Waals surface area contributed by atoms with E-state index in [4.69, 9.17) is 5.73 Å². The molecule has 0 aliphatic carbocycles. The van der Waals surface area contributed by atoms with E-state index < -0.39 is 17.5 Å². The third kappa shape index (κ3) is 5.10. The molecule has 1 aromatic carbocycles. The van der Waals surface area contributed by atoms with Gasteiger partial charge in [-0.05, 0) is 37.5 Å². The summed E-state index contributed by atoms with van der Waals surface area (Å²) in [5.41, 5.74) is 6.78. The summed E-state index contributed by atoms with van der Waals surface area (Å²) in [5, 5.41) is 3.18. The van der Waals surface area contributed by atoms with E-state index in [2.05, 4.69) is 16.5 Å². The topological polar surface area (TPSA) is 68.0 Å². The SMILES string of the molecule is CC(CCc1[c]ncc(C(N)=O)c1)NCc1ccc(F)cc1F. The second-order valence-corrected chi connectivity index (χ2v) is 5.42. The van der Waals surface area contributed by atoms with Gasteiger partial charge in [-0.3, -0.25) is 9.78 Å². The van der Waals surface area contributed by atoms with Gasteiger partial charge in [0, 0.05) is 30.4 Å². The Morgan fingerprint density at radius 2 is 2.17 bits per heavy atom. The molecule has 0 fully saturated rings. The van der Waals surface area contributed by atoms with Gasteiger partial charge in [0.2, 0.25) is 5.91 Å². The summed E-state index contributed by atoms with van der Waals surface area (Å²) < 4.78 is 26.4. The van der Waals surface area contributed by atoms with E-state index in [1.54, 1.807) is 6.07 Å². The van der Waals surface area contributed by atoms with Crippen molar-refractivity contribution in [1.29, 1.82) is 0 Å². The molecule has 0 saturated heterocycles. The van der Waals surface area contributed by atoms with Crippen LogP contribution >= 0.6 is 0 Å². The van der Waals surface area contributed by atoms with E-state index in [1.165, 1.54) is 18.3 Å². The lowest BCUT2D eigenvalue weighted by atomic mass is 10.1. The van der Waals surface area contributed by atoms with Crippen molar-refractivity contribution < 1.29 is 13.6 Å². The highest BCUT2D eigenvalue weighted by atomic mass is 19.1. The molecule has 4 nitrogen and oxygen atoms in total. The third-order valence-electron chi connectivity index (χ3n) is 3.53. The molecule has 0 aliphatic rings. The number of aryl methyl sites for hydroxylation is 1. The van der Waals surface area contributed by atoms with E-state index in [0.717, 1.165) is 18.1 Å². The first-order valence-electron chi connectivity index (χ1n) is 7.29. The number of carbonyl (C=O) groups is 1. The number of hydrogen-bond donors (Lipinski definition) is 2. The molecule has 121 valence electrons. The number of halogens is 2. The van der Waals surface area contributed by atoms with Gasteiger partial charge in [-0.25, -0.2) is 8.78 Å². The van der Waals surface area contributed by atoms with Crippen molar-refractivity contribution in [2.24, 2.45) is 5.73 Å². The maximum atomic E-state index is 13.5. The summed E-state index contributed by atoms with van der Waals surface area (Å²) in [7, 11) is 0. The number of nitrogens with one attached hydrogen (secondary N) is 1. The maximum Gasteiger partial charge on any atom is 0.250 e. The van der Waals surface area contributed by atoms with Gasteiger partial charge >= 0.3 is 0 Å². The molecular formula is C17H18F2N3O. The first kappa shape index (κ1) is 17.0. The minimum atomic E-state index is -0.586. The summed E-state index contributed by atoms with van der Waals surface area (Å²) in [6.07, 6.45) is 5.61. The fourth-order valence-electron chi connectivity index (χ4n) is 2.13. The molecule has 2 aromatic rings. The van der Waals surface area contributed by atoms with E-state index >= 15 is 0 Å². The predicted molar refractivity (Wildman–Crippen MR) is 82.6 cm³/mol.